The Morgan fingerprint density at radius 2 is 1.89 bits per heavy atom. The van der Waals surface area contributed by atoms with Crippen LogP contribution in [-0.2, 0) is 25.5 Å². The molecule has 0 saturated heterocycles. The van der Waals surface area contributed by atoms with Gasteiger partial charge in [0.2, 0.25) is 5.78 Å². The van der Waals surface area contributed by atoms with Gasteiger partial charge in [-0.15, -0.1) is 11.3 Å². The van der Waals surface area contributed by atoms with E-state index in [-0.39, 0.29) is 6.42 Å². The second-order valence-corrected chi connectivity index (χ2v) is 6.97. The van der Waals surface area contributed by atoms with Crippen LogP contribution in [0.4, 0.5) is 0 Å². The first-order valence-corrected chi connectivity index (χ1v) is 9.00. The van der Waals surface area contributed by atoms with Crippen LogP contribution in [0, 0.1) is 6.92 Å². The lowest BCUT2D eigenvalue weighted by molar-refractivity contribution is -0.201. The summed E-state index contributed by atoms with van der Waals surface area (Å²) in [6.45, 7) is 1.76. The number of nitrogens with one attached hydrogen (secondary N) is 1. The number of Topliss-reactive ketones (excluding diaryl/α,β-unsaturated/α-hetero) is 1. The van der Waals surface area contributed by atoms with E-state index < -0.39 is 23.5 Å². The Morgan fingerprint density at radius 3 is 2.56 bits per heavy atom. The molecule has 1 aliphatic heterocycles. The predicted octanol–water partition coefficient (Wildman–Crippen LogP) is 2.71. The van der Waals surface area contributed by atoms with Gasteiger partial charge in [0.25, 0.3) is 0 Å². The first-order valence-electron chi connectivity index (χ1n) is 8.12. The zero-order valence-corrected chi connectivity index (χ0v) is 15.0. The molecule has 0 radical (unpaired) electrons. The third kappa shape index (κ3) is 3.04. The second-order valence-electron chi connectivity index (χ2n) is 6.05. The average molecular weight is 382 g/mol. The van der Waals surface area contributed by atoms with Crippen molar-refractivity contribution in [3.63, 3.8) is 0 Å². The minimum atomic E-state index is -2.12. The van der Waals surface area contributed by atoms with E-state index in [1.807, 2.05) is 18.2 Å². The first-order chi connectivity index (χ1) is 13.0. The summed E-state index contributed by atoms with van der Waals surface area (Å²) in [7, 11) is 0. The van der Waals surface area contributed by atoms with E-state index in [0.29, 0.717) is 22.3 Å². The van der Waals surface area contributed by atoms with E-state index in [4.69, 9.17) is 9.47 Å². The number of carbonyl (C=O) groups excluding carboxylic acids is 3. The minimum Gasteiger partial charge on any atom is -0.411 e. The molecule has 3 aromatic rings. The molecular formula is C19H14N2O5S. The highest BCUT2D eigenvalue weighted by atomic mass is 32.1. The number of ether oxygens (including phenoxy) is 2. The van der Waals surface area contributed by atoms with Crippen LogP contribution in [-0.4, -0.2) is 33.5 Å². The number of cyclic esters (lactones) is 2. The number of H-pyrrole nitrogens is 1. The van der Waals surface area contributed by atoms with Crippen LogP contribution < -0.4 is 0 Å². The highest BCUT2D eigenvalue weighted by Crippen LogP contribution is 2.33. The number of hydrogen-bond acceptors (Lipinski definition) is 7. The number of benzene rings is 1. The largest absolute Gasteiger partial charge is 0.411 e. The Morgan fingerprint density at radius 1 is 1.19 bits per heavy atom. The monoisotopic (exact) mass is 382 g/mol. The molecule has 0 fully saturated rings. The molecule has 3 heterocycles. The highest BCUT2D eigenvalue weighted by molar-refractivity contribution is 7.17. The molecule has 136 valence electrons. The Hall–Kier alpha value is -3.26. The van der Waals surface area contributed by atoms with Crippen molar-refractivity contribution in [1.82, 2.24) is 9.97 Å². The summed E-state index contributed by atoms with van der Waals surface area (Å²) < 4.78 is 11.6. The van der Waals surface area contributed by atoms with Crippen LogP contribution in [0.15, 0.2) is 48.1 Å². The van der Waals surface area contributed by atoms with Gasteiger partial charge in [-0.05, 0) is 13.0 Å². The van der Waals surface area contributed by atoms with Crippen molar-refractivity contribution in [2.24, 2.45) is 0 Å². The third-order valence-corrected chi connectivity index (χ3v) is 5.26. The van der Waals surface area contributed by atoms with Crippen molar-refractivity contribution < 1.29 is 23.9 Å². The van der Waals surface area contributed by atoms with Crippen molar-refractivity contribution in [3.8, 4) is 0 Å². The zero-order valence-electron chi connectivity index (χ0n) is 14.2. The van der Waals surface area contributed by atoms with Gasteiger partial charge < -0.3 is 14.5 Å². The number of fused-ring (bicyclic) bond motifs is 1. The zero-order chi connectivity index (χ0) is 19.0. The fourth-order valence-electron chi connectivity index (χ4n) is 2.94. The lowest BCUT2D eigenvalue weighted by Crippen LogP contribution is -2.48. The average Bonchev–Trinajstić information content (AvgIpc) is 3.21. The quantitative estimate of drug-likeness (QED) is 0.550. The van der Waals surface area contributed by atoms with Crippen LogP contribution in [0.1, 0.15) is 21.7 Å². The molecule has 7 nitrogen and oxygen atoms in total. The van der Waals surface area contributed by atoms with Crippen LogP contribution in [0.25, 0.3) is 10.1 Å². The molecule has 2 aromatic heterocycles. The number of rotatable bonds is 4. The highest BCUT2D eigenvalue weighted by Gasteiger charge is 2.49. The van der Waals surface area contributed by atoms with Crippen molar-refractivity contribution in [2.75, 3.05) is 0 Å². The Bertz CT molecular complexity index is 1070. The second kappa shape index (κ2) is 6.48. The maximum atomic E-state index is 13.5. The lowest BCUT2D eigenvalue weighted by Gasteiger charge is -2.29. The Labute approximate surface area is 157 Å². The molecule has 0 spiro atoms. The van der Waals surface area contributed by atoms with Crippen LogP contribution in [0.3, 0.4) is 0 Å². The summed E-state index contributed by atoms with van der Waals surface area (Å²) >= 11 is 1.38. The van der Waals surface area contributed by atoms with Crippen molar-refractivity contribution >= 4 is 39.1 Å². The number of nitrogens with zero attached hydrogens (tertiary/aromatic N) is 1. The number of carbonyl (C=O) groups is 3. The molecule has 27 heavy (non-hydrogen) atoms. The fourth-order valence-corrected chi connectivity index (χ4v) is 3.88. The summed E-state index contributed by atoms with van der Waals surface area (Å²) in [6, 6.07) is 7.35. The van der Waals surface area contributed by atoms with Gasteiger partial charge in [-0.2, -0.15) is 0 Å². The number of thiophene rings is 1. The SMILES string of the molecule is Cc1[nH]cnc1CC1(C(=O)c2csc3ccccc23)OC(=O)C=CC(=O)O1. The predicted molar refractivity (Wildman–Crippen MR) is 97.2 cm³/mol. The molecule has 8 heteroatoms. The Balaban J connectivity index is 1.84. The summed E-state index contributed by atoms with van der Waals surface area (Å²) in [5.74, 6) is -4.39. The van der Waals surface area contributed by atoms with Crippen molar-refractivity contribution in [2.45, 2.75) is 19.1 Å². The van der Waals surface area contributed by atoms with Crippen molar-refractivity contribution in [1.29, 1.82) is 0 Å². The van der Waals surface area contributed by atoms with Gasteiger partial charge in [-0.1, -0.05) is 18.2 Å². The molecule has 1 N–H and O–H groups in total. The normalized spacial score (nSPS) is 16.0. The van der Waals surface area contributed by atoms with Gasteiger partial charge in [-0.3, -0.25) is 4.79 Å². The molecule has 1 aromatic carbocycles. The van der Waals surface area contributed by atoms with E-state index in [1.165, 1.54) is 17.7 Å². The maximum absolute atomic E-state index is 13.5. The van der Waals surface area contributed by atoms with Gasteiger partial charge in [-0.25, -0.2) is 14.6 Å². The van der Waals surface area contributed by atoms with E-state index in [2.05, 4.69) is 9.97 Å². The molecule has 4 rings (SSSR count). The smallest absolute Gasteiger partial charge is 0.334 e. The first kappa shape index (κ1) is 17.2. The number of esters is 2. The van der Waals surface area contributed by atoms with Crippen LogP contribution >= 0.6 is 11.3 Å². The molecule has 0 saturated carbocycles. The fraction of sp³-hybridized carbons (Fsp3) is 0.158. The number of aromatic amines is 1. The van der Waals surface area contributed by atoms with Gasteiger partial charge in [0, 0.05) is 38.9 Å². The van der Waals surface area contributed by atoms with Crippen LogP contribution in [0.5, 0.6) is 0 Å². The van der Waals surface area contributed by atoms with E-state index in [1.54, 1.807) is 18.4 Å². The number of hydrogen-bond donors (Lipinski definition) is 1. The molecule has 0 bridgehead atoms. The van der Waals surface area contributed by atoms with Gasteiger partial charge in [0.15, 0.2) is 0 Å². The van der Waals surface area contributed by atoms with Crippen LogP contribution in [0.2, 0.25) is 0 Å². The molecule has 0 unspecified atom stereocenters. The molecule has 0 atom stereocenters. The maximum Gasteiger partial charge on any atom is 0.334 e. The molecule has 1 aliphatic rings. The topological polar surface area (TPSA) is 98.4 Å². The Kier molecular flexibility index (Phi) is 4.12. The lowest BCUT2D eigenvalue weighted by atomic mass is 9.97. The summed E-state index contributed by atoms with van der Waals surface area (Å²) in [5.41, 5.74) is 1.47. The summed E-state index contributed by atoms with van der Waals surface area (Å²) in [5, 5.41) is 2.38. The molecular weight excluding hydrogens is 368 g/mol. The standard InChI is InChI=1S/C19H14N2O5S/c1-11-14(21-10-20-11)8-19(25-16(22)6-7-17(23)26-19)18(24)13-9-27-15-5-3-2-4-12(13)15/h2-7,9-10H,8H2,1H3,(H,20,21). The van der Waals surface area contributed by atoms with Gasteiger partial charge in [0.05, 0.1) is 18.4 Å². The number of ketones is 1. The number of imidazole rings is 1. The van der Waals surface area contributed by atoms with E-state index in [0.717, 1.165) is 16.9 Å². The summed E-state index contributed by atoms with van der Waals surface area (Å²) in [4.78, 5) is 44.7. The van der Waals surface area contributed by atoms with Gasteiger partial charge >= 0.3 is 17.7 Å². The number of aryl methyl sites for hydroxylation is 1. The van der Waals surface area contributed by atoms with E-state index in [9.17, 15) is 14.4 Å². The third-order valence-electron chi connectivity index (χ3n) is 4.29. The number of aromatic nitrogens is 2. The molecule has 0 amide bonds. The van der Waals surface area contributed by atoms with E-state index >= 15 is 0 Å². The van der Waals surface area contributed by atoms with Gasteiger partial charge in [0.1, 0.15) is 0 Å². The summed E-state index contributed by atoms with van der Waals surface area (Å²) in [6.07, 6.45) is 3.16. The van der Waals surface area contributed by atoms with Crippen molar-refractivity contribution in [3.05, 3.63) is 65.1 Å². The minimum absolute atomic E-state index is 0.190. The molecule has 0 aliphatic carbocycles.